The van der Waals surface area contributed by atoms with E-state index in [4.69, 9.17) is 0 Å². The van der Waals surface area contributed by atoms with Gasteiger partial charge in [0.25, 0.3) is 0 Å². The van der Waals surface area contributed by atoms with Crippen LogP contribution in [0.5, 0.6) is 0 Å². The lowest BCUT2D eigenvalue weighted by Gasteiger charge is -2.29. The lowest BCUT2D eigenvalue weighted by Crippen LogP contribution is -2.42. The Morgan fingerprint density at radius 2 is 2.05 bits per heavy atom. The van der Waals surface area contributed by atoms with Crippen molar-refractivity contribution in [2.24, 2.45) is 0 Å². The topological polar surface area (TPSA) is 24.9 Å². The maximum Gasteiger partial charge on any atom is 0.123 e. The van der Waals surface area contributed by atoms with E-state index < -0.39 is 0 Å². The van der Waals surface area contributed by atoms with E-state index in [1.165, 1.54) is 25.0 Å². The summed E-state index contributed by atoms with van der Waals surface area (Å²) in [4.78, 5) is 4.66. The Hall–Kier alpha value is -1.26. The van der Waals surface area contributed by atoms with Crippen molar-refractivity contribution in [3.8, 4) is 0 Å². The molecule has 1 saturated carbocycles. The highest BCUT2D eigenvalue weighted by atomic mass is 32.1. The molecular formula is C16H19FN2S. The van der Waals surface area contributed by atoms with E-state index in [-0.39, 0.29) is 11.4 Å². The third-order valence-corrected chi connectivity index (χ3v) is 4.89. The van der Waals surface area contributed by atoms with E-state index in [1.54, 1.807) is 11.3 Å². The highest BCUT2D eigenvalue weighted by Gasteiger charge is 2.36. The monoisotopic (exact) mass is 290 g/mol. The minimum Gasteiger partial charge on any atom is -0.303 e. The number of thiazole rings is 1. The van der Waals surface area contributed by atoms with Crippen LogP contribution in [0, 0.1) is 12.7 Å². The van der Waals surface area contributed by atoms with Gasteiger partial charge in [-0.05, 0) is 50.8 Å². The van der Waals surface area contributed by atoms with Gasteiger partial charge >= 0.3 is 0 Å². The fourth-order valence-corrected chi connectivity index (χ4v) is 3.41. The van der Waals surface area contributed by atoms with Crippen LogP contribution in [0.2, 0.25) is 0 Å². The van der Waals surface area contributed by atoms with Gasteiger partial charge in [0.1, 0.15) is 10.8 Å². The molecule has 0 radical (unpaired) electrons. The van der Waals surface area contributed by atoms with Crippen molar-refractivity contribution >= 4 is 11.3 Å². The number of hydrogen-bond donors (Lipinski definition) is 1. The minimum atomic E-state index is -0.185. The van der Waals surface area contributed by atoms with E-state index in [0.717, 1.165) is 22.7 Å². The second kappa shape index (κ2) is 5.26. The molecule has 1 aromatic heterocycles. The van der Waals surface area contributed by atoms with Gasteiger partial charge in [-0.15, -0.1) is 11.3 Å². The number of benzene rings is 1. The fourth-order valence-electron chi connectivity index (χ4n) is 2.48. The largest absolute Gasteiger partial charge is 0.303 e. The second-order valence-corrected chi connectivity index (χ2v) is 6.71. The van der Waals surface area contributed by atoms with Gasteiger partial charge in [0.15, 0.2) is 0 Å². The molecule has 0 aliphatic heterocycles. The maximum absolute atomic E-state index is 13.0. The Labute approximate surface area is 123 Å². The van der Waals surface area contributed by atoms with Gasteiger partial charge in [0.05, 0.1) is 5.54 Å². The first-order valence-electron chi connectivity index (χ1n) is 7.00. The molecule has 2 nitrogen and oxygen atoms in total. The van der Waals surface area contributed by atoms with Crippen LogP contribution in [0.3, 0.4) is 0 Å². The normalized spacial score (nSPS) is 17.9. The number of rotatable bonds is 5. The SMILES string of the molecule is Cc1csc(C(C)(Cc2ccc(F)cc2)NC2CC2)n1. The Morgan fingerprint density at radius 1 is 1.35 bits per heavy atom. The molecule has 1 aliphatic carbocycles. The first kappa shape index (κ1) is 13.7. The van der Waals surface area contributed by atoms with E-state index in [9.17, 15) is 4.39 Å². The van der Waals surface area contributed by atoms with Crippen LogP contribution in [0.25, 0.3) is 0 Å². The molecule has 1 atom stereocenters. The molecule has 4 heteroatoms. The first-order valence-corrected chi connectivity index (χ1v) is 7.88. The molecule has 1 unspecified atom stereocenters. The summed E-state index contributed by atoms with van der Waals surface area (Å²) in [5.74, 6) is -0.185. The summed E-state index contributed by atoms with van der Waals surface area (Å²) < 4.78 is 13.0. The molecule has 1 fully saturated rings. The van der Waals surface area contributed by atoms with Crippen LogP contribution in [0.1, 0.15) is 36.0 Å². The molecular weight excluding hydrogens is 271 g/mol. The molecule has 1 heterocycles. The molecule has 0 amide bonds. The van der Waals surface area contributed by atoms with E-state index in [2.05, 4.69) is 22.6 Å². The van der Waals surface area contributed by atoms with Gasteiger partial charge < -0.3 is 5.32 Å². The molecule has 0 saturated heterocycles. The summed E-state index contributed by atoms with van der Waals surface area (Å²) in [5, 5.41) is 6.92. The highest BCUT2D eigenvalue weighted by Crippen LogP contribution is 2.33. The standard InChI is InChI=1S/C16H19FN2S/c1-11-10-20-15(18-11)16(2,19-14-7-8-14)9-12-3-5-13(17)6-4-12/h3-6,10,14,19H,7-9H2,1-2H3. The third kappa shape index (κ3) is 3.07. The number of aryl methyl sites for hydroxylation is 1. The summed E-state index contributed by atoms with van der Waals surface area (Å²) in [7, 11) is 0. The summed E-state index contributed by atoms with van der Waals surface area (Å²) in [6, 6.07) is 7.38. The average Bonchev–Trinajstić information content (AvgIpc) is 3.10. The lowest BCUT2D eigenvalue weighted by molar-refractivity contribution is 0.357. The van der Waals surface area contributed by atoms with Crippen LogP contribution in [-0.2, 0) is 12.0 Å². The predicted molar refractivity (Wildman–Crippen MR) is 80.5 cm³/mol. The smallest absolute Gasteiger partial charge is 0.123 e. The minimum absolute atomic E-state index is 0.169. The summed E-state index contributed by atoms with van der Waals surface area (Å²) >= 11 is 1.70. The lowest BCUT2D eigenvalue weighted by atomic mass is 9.93. The molecule has 1 N–H and O–H groups in total. The van der Waals surface area contributed by atoms with Crippen LogP contribution in [-0.4, -0.2) is 11.0 Å². The molecule has 1 aromatic carbocycles. The molecule has 0 bridgehead atoms. The summed E-state index contributed by atoms with van der Waals surface area (Å²) in [5.41, 5.74) is 2.03. The van der Waals surface area contributed by atoms with Crippen molar-refractivity contribution in [2.45, 2.75) is 44.7 Å². The molecule has 1 aliphatic rings. The Morgan fingerprint density at radius 3 is 2.60 bits per heavy atom. The molecule has 2 aromatic rings. The van der Waals surface area contributed by atoms with Crippen molar-refractivity contribution in [1.82, 2.24) is 10.3 Å². The fraction of sp³-hybridized carbons (Fsp3) is 0.438. The molecule has 3 rings (SSSR count). The van der Waals surface area contributed by atoms with Crippen molar-refractivity contribution in [3.05, 3.63) is 51.7 Å². The van der Waals surface area contributed by atoms with Gasteiger partial charge in [-0.3, -0.25) is 0 Å². The third-order valence-electron chi connectivity index (χ3n) is 3.66. The van der Waals surface area contributed by atoms with Gasteiger partial charge in [0, 0.05) is 17.1 Å². The molecule has 0 spiro atoms. The first-order chi connectivity index (χ1) is 9.55. The highest BCUT2D eigenvalue weighted by molar-refractivity contribution is 7.09. The predicted octanol–water partition coefficient (Wildman–Crippen LogP) is 3.80. The van der Waals surface area contributed by atoms with Crippen molar-refractivity contribution < 1.29 is 4.39 Å². The number of nitrogens with one attached hydrogen (secondary N) is 1. The zero-order valence-corrected chi connectivity index (χ0v) is 12.6. The Kier molecular flexibility index (Phi) is 3.61. The zero-order valence-electron chi connectivity index (χ0n) is 11.8. The number of hydrogen-bond acceptors (Lipinski definition) is 3. The van der Waals surface area contributed by atoms with E-state index >= 15 is 0 Å². The van der Waals surface area contributed by atoms with Gasteiger partial charge in [-0.25, -0.2) is 9.37 Å². The maximum atomic E-state index is 13.0. The average molecular weight is 290 g/mol. The second-order valence-electron chi connectivity index (χ2n) is 5.85. The van der Waals surface area contributed by atoms with Crippen LogP contribution < -0.4 is 5.32 Å². The van der Waals surface area contributed by atoms with Crippen molar-refractivity contribution in [3.63, 3.8) is 0 Å². The Balaban J connectivity index is 1.86. The number of aromatic nitrogens is 1. The zero-order chi connectivity index (χ0) is 14.2. The van der Waals surface area contributed by atoms with E-state index in [1.807, 2.05) is 19.1 Å². The summed E-state index contributed by atoms with van der Waals surface area (Å²) in [6.45, 7) is 4.22. The van der Waals surface area contributed by atoms with Gasteiger partial charge in [-0.2, -0.15) is 0 Å². The van der Waals surface area contributed by atoms with Crippen LogP contribution >= 0.6 is 11.3 Å². The van der Waals surface area contributed by atoms with Gasteiger partial charge in [-0.1, -0.05) is 12.1 Å². The summed E-state index contributed by atoms with van der Waals surface area (Å²) in [6.07, 6.45) is 3.31. The van der Waals surface area contributed by atoms with Crippen LogP contribution in [0.15, 0.2) is 29.6 Å². The van der Waals surface area contributed by atoms with Crippen LogP contribution in [0.4, 0.5) is 4.39 Å². The molecule has 106 valence electrons. The van der Waals surface area contributed by atoms with Gasteiger partial charge in [0.2, 0.25) is 0 Å². The Bertz CT molecular complexity index is 589. The van der Waals surface area contributed by atoms with E-state index in [0.29, 0.717) is 6.04 Å². The number of halogens is 1. The quantitative estimate of drug-likeness (QED) is 0.906. The number of nitrogens with zero attached hydrogens (tertiary/aromatic N) is 1. The molecule has 20 heavy (non-hydrogen) atoms. The van der Waals surface area contributed by atoms with Crippen molar-refractivity contribution in [2.75, 3.05) is 0 Å². The van der Waals surface area contributed by atoms with Crippen molar-refractivity contribution in [1.29, 1.82) is 0 Å².